The third-order valence-corrected chi connectivity index (χ3v) is 7.13. The Kier molecular flexibility index (Phi) is 5.61. The molecule has 146 valence electrons. The smallest absolute Gasteiger partial charge is 0.263 e. The summed E-state index contributed by atoms with van der Waals surface area (Å²) in [6.45, 7) is 0. The standard InChI is InChI=1S/C21H14Cl2N2O2S2/c22-16-8-11-18(23)20(12-16)29(26,27)25-17-9-6-14(7-10-17)19-13-28-21(24-19)15-4-2-1-3-5-15/h1-13,25H. The summed E-state index contributed by atoms with van der Waals surface area (Å²) in [5.41, 5.74) is 3.21. The lowest BCUT2D eigenvalue weighted by atomic mass is 10.1. The number of nitrogens with zero attached hydrogens (tertiary/aromatic N) is 1. The Bertz CT molecular complexity index is 1260. The predicted octanol–water partition coefficient (Wildman–Crippen LogP) is 6.58. The van der Waals surface area contributed by atoms with Gasteiger partial charge >= 0.3 is 0 Å². The van der Waals surface area contributed by atoms with Crippen LogP contribution in [0.5, 0.6) is 0 Å². The Hall–Kier alpha value is -2.38. The minimum absolute atomic E-state index is 0.0669. The first-order valence-electron chi connectivity index (χ1n) is 8.52. The van der Waals surface area contributed by atoms with Gasteiger partial charge in [0.15, 0.2) is 0 Å². The van der Waals surface area contributed by atoms with Crippen LogP contribution in [0.2, 0.25) is 10.0 Å². The summed E-state index contributed by atoms with van der Waals surface area (Å²) in [4.78, 5) is 4.60. The molecule has 1 heterocycles. The van der Waals surface area contributed by atoms with Crippen LogP contribution >= 0.6 is 34.5 Å². The second-order valence-corrected chi connectivity index (χ2v) is 9.51. The van der Waals surface area contributed by atoms with E-state index in [1.807, 2.05) is 47.8 Å². The average molecular weight is 461 g/mol. The van der Waals surface area contributed by atoms with Crippen molar-refractivity contribution in [2.24, 2.45) is 0 Å². The van der Waals surface area contributed by atoms with Crippen LogP contribution in [-0.4, -0.2) is 13.4 Å². The summed E-state index contributed by atoms with van der Waals surface area (Å²) in [5.74, 6) is 0. The van der Waals surface area contributed by atoms with Crippen LogP contribution in [0.1, 0.15) is 0 Å². The van der Waals surface area contributed by atoms with E-state index >= 15 is 0 Å². The summed E-state index contributed by atoms with van der Waals surface area (Å²) in [7, 11) is -3.86. The normalized spacial score (nSPS) is 11.4. The number of benzene rings is 3. The van der Waals surface area contributed by atoms with E-state index in [2.05, 4.69) is 9.71 Å². The number of nitrogens with one attached hydrogen (secondary N) is 1. The van der Waals surface area contributed by atoms with Gasteiger partial charge in [0.25, 0.3) is 10.0 Å². The first-order valence-corrected chi connectivity index (χ1v) is 11.6. The highest BCUT2D eigenvalue weighted by molar-refractivity contribution is 7.92. The highest BCUT2D eigenvalue weighted by Gasteiger charge is 2.18. The Morgan fingerprint density at radius 3 is 2.31 bits per heavy atom. The number of sulfonamides is 1. The molecule has 0 spiro atoms. The predicted molar refractivity (Wildman–Crippen MR) is 120 cm³/mol. The molecule has 0 fully saturated rings. The van der Waals surface area contributed by atoms with E-state index in [0.29, 0.717) is 10.7 Å². The average Bonchev–Trinajstić information content (AvgIpc) is 3.21. The fourth-order valence-corrected chi connectivity index (χ4v) is 5.38. The van der Waals surface area contributed by atoms with Crippen LogP contribution in [0.15, 0.2) is 83.1 Å². The van der Waals surface area contributed by atoms with E-state index in [0.717, 1.165) is 21.8 Å². The van der Waals surface area contributed by atoms with Gasteiger partial charge in [-0.1, -0.05) is 65.7 Å². The SMILES string of the molecule is O=S(=O)(Nc1ccc(-c2csc(-c3ccccc3)n2)cc1)c1cc(Cl)ccc1Cl. The van der Waals surface area contributed by atoms with Crippen molar-refractivity contribution in [1.29, 1.82) is 0 Å². The molecule has 4 nitrogen and oxygen atoms in total. The van der Waals surface area contributed by atoms with Gasteiger partial charge in [-0.15, -0.1) is 11.3 Å². The first kappa shape index (κ1) is 19.9. The van der Waals surface area contributed by atoms with Crippen LogP contribution in [0.3, 0.4) is 0 Å². The van der Waals surface area contributed by atoms with E-state index in [1.165, 1.54) is 18.2 Å². The fraction of sp³-hybridized carbons (Fsp3) is 0. The molecular formula is C21H14Cl2N2O2S2. The van der Waals surface area contributed by atoms with Gasteiger partial charge in [-0.25, -0.2) is 13.4 Å². The summed E-state index contributed by atoms with van der Waals surface area (Å²) < 4.78 is 27.8. The maximum absolute atomic E-state index is 12.6. The number of aromatic nitrogens is 1. The molecule has 0 bridgehead atoms. The van der Waals surface area contributed by atoms with Crippen molar-refractivity contribution in [2.45, 2.75) is 4.90 Å². The van der Waals surface area contributed by atoms with Crippen molar-refractivity contribution in [3.8, 4) is 21.8 Å². The summed E-state index contributed by atoms with van der Waals surface area (Å²) in [5, 5.41) is 3.31. The van der Waals surface area contributed by atoms with Crippen LogP contribution < -0.4 is 4.72 Å². The summed E-state index contributed by atoms with van der Waals surface area (Å²) in [6, 6.07) is 21.3. The molecule has 0 unspecified atom stereocenters. The van der Waals surface area contributed by atoms with Gasteiger partial charge < -0.3 is 0 Å². The minimum Gasteiger partial charge on any atom is -0.280 e. The van der Waals surface area contributed by atoms with Crippen molar-refractivity contribution in [3.63, 3.8) is 0 Å². The maximum Gasteiger partial charge on any atom is 0.263 e. The van der Waals surface area contributed by atoms with Gasteiger partial charge in [-0.3, -0.25) is 4.72 Å². The third kappa shape index (κ3) is 4.46. The van der Waals surface area contributed by atoms with Crippen LogP contribution in [0, 0.1) is 0 Å². The molecule has 0 saturated heterocycles. The van der Waals surface area contributed by atoms with Crippen molar-refractivity contribution in [3.05, 3.63) is 88.2 Å². The molecule has 1 N–H and O–H groups in total. The number of halogens is 2. The van der Waals surface area contributed by atoms with E-state index in [9.17, 15) is 8.42 Å². The molecule has 29 heavy (non-hydrogen) atoms. The van der Waals surface area contributed by atoms with E-state index < -0.39 is 10.0 Å². The molecule has 0 radical (unpaired) electrons. The van der Waals surface area contributed by atoms with Gasteiger partial charge in [-0.2, -0.15) is 0 Å². The molecule has 0 atom stereocenters. The lowest BCUT2D eigenvalue weighted by Gasteiger charge is -2.10. The number of hydrogen-bond donors (Lipinski definition) is 1. The monoisotopic (exact) mass is 460 g/mol. The molecule has 0 aliphatic rings. The Morgan fingerprint density at radius 2 is 1.59 bits per heavy atom. The van der Waals surface area contributed by atoms with Crippen molar-refractivity contribution < 1.29 is 8.42 Å². The lowest BCUT2D eigenvalue weighted by molar-refractivity contribution is 0.601. The second kappa shape index (κ2) is 8.16. The highest BCUT2D eigenvalue weighted by atomic mass is 35.5. The number of rotatable bonds is 5. The molecule has 3 aromatic carbocycles. The largest absolute Gasteiger partial charge is 0.280 e. The maximum atomic E-state index is 12.6. The Morgan fingerprint density at radius 1 is 0.862 bits per heavy atom. The van der Waals surface area contributed by atoms with Crippen molar-refractivity contribution in [2.75, 3.05) is 4.72 Å². The van der Waals surface area contributed by atoms with Crippen molar-refractivity contribution in [1.82, 2.24) is 4.98 Å². The van der Waals surface area contributed by atoms with E-state index in [1.54, 1.807) is 23.5 Å². The topological polar surface area (TPSA) is 59.1 Å². The zero-order chi connectivity index (χ0) is 20.4. The highest BCUT2D eigenvalue weighted by Crippen LogP contribution is 2.30. The van der Waals surface area contributed by atoms with Gasteiger partial charge in [0, 0.05) is 27.2 Å². The van der Waals surface area contributed by atoms with E-state index in [4.69, 9.17) is 23.2 Å². The van der Waals surface area contributed by atoms with Crippen LogP contribution in [-0.2, 0) is 10.0 Å². The molecule has 4 rings (SSSR count). The molecule has 1 aromatic heterocycles. The van der Waals surface area contributed by atoms with Gasteiger partial charge in [0.05, 0.1) is 10.7 Å². The molecular weight excluding hydrogens is 447 g/mol. The van der Waals surface area contributed by atoms with Crippen LogP contribution in [0.4, 0.5) is 5.69 Å². The lowest BCUT2D eigenvalue weighted by Crippen LogP contribution is -2.13. The number of anilines is 1. The number of thiazole rings is 1. The molecule has 0 saturated carbocycles. The van der Waals surface area contributed by atoms with Crippen LogP contribution in [0.25, 0.3) is 21.8 Å². The Labute approximate surface area is 182 Å². The molecule has 4 aromatic rings. The van der Waals surface area contributed by atoms with Crippen molar-refractivity contribution >= 4 is 50.2 Å². The summed E-state index contributed by atoms with van der Waals surface area (Å²) in [6.07, 6.45) is 0. The molecule has 0 aliphatic heterocycles. The fourth-order valence-electron chi connectivity index (χ4n) is 2.72. The second-order valence-electron chi connectivity index (χ2n) is 6.16. The van der Waals surface area contributed by atoms with Gasteiger partial charge in [0.2, 0.25) is 0 Å². The summed E-state index contributed by atoms with van der Waals surface area (Å²) >= 11 is 13.5. The molecule has 0 amide bonds. The number of hydrogen-bond acceptors (Lipinski definition) is 4. The Balaban J connectivity index is 1.56. The zero-order valence-electron chi connectivity index (χ0n) is 14.8. The third-order valence-electron chi connectivity index (χ3n) is 4.14. The van der Waals surface area contributed by atoms with E-state index in [-0.39, 0.29) is 9.92 Å². The quantitative estimate of drug-likeness (QED) is 0.365. The minimum atomic E-state index is -3.86. The van der Waals surface area contributed by atoms with Gasteiger partial charge in [-0.05, 0) is 30.3 Å². The molecule has 0 aliphatic carbocycles. The van der Waals surface area contributed by atoms with Gasteiger partial charge in [0.1, 0.15) is 9.90 Å². The molecule has 8 heteroatoms. The zero-order valence-corrected chi connectivity index (χ0v) is 18.0. The first-order chi connectivity index (χ1) is 13.9.